The standard InChI is InChI=1S/C11H13FO2/c1-7-4-9(12)5-10(11(7)13)8-2-3-14-6-8/h4-5,8,13H,2-3,6H2,1H3/t8-/m1/s1. The van der Waals surface area contributed by atoms with Gasteiger partial charge in [0.15, 0.2) is 0 Å². The number of phenols is 1. The Morgan fingerprint density at radius 1 is 1.50 bits per heavy atom. The lowest BCUT2D eigenvalue weighted by atomic mass is 9.95. The Morgan fingerprint density at radius 3 is 2.93 bits per heavy atom. The van der Waals surface area contributed by atoms with Crippen LogP contribution in [0.5, 0.6) is 5.75 Å². The first-order valence-corrected chi connectivity index (χ1v) is 4.75. The summed E-state index contributed by atoms with van der Waals surface area (Å²) >= 11 is 0. The van der Waals surface area contributed by atoms with Crippen molar-refractivity contribution in [1.82, 2.24) is 0 Å². The van der Waals surface area contributed by atoms with Gasteiger partial charge in [-0.2, -0.15) is 0 Å². The summed E-state index contributed by atoms with van der Waals surface area (Å²) in [6.45, 7) is 2.98. The normalized spacial score (nSPS) is 21.4. The third kappa shape index (κ3) is 1.60. The Hall–Kier alpha value is -1.09. The molecule has 1 saturated heterocycles. The molecule has 14 heavy (non-hydrogen) atoms. The fourth-order valence-corrected chi connectivity index (χ4v) is 1.85. The maximum atomic E-state index is 13.1. The van der Waals surface area contributed by atoms with E-state index >= 15 is 0 Å². The highest BCUT2D eigenvalue weighted by atomic mass is 19.1. The highest BCUT2D eigenvalue weighted by Gasteiger charge is 2.22. The Labute approximate surface area is 82.3 Å². The maximum absolute atomic E-state index is 13.1. The highest BCUT2D eigenvalue weighted by Crippen LogP contribution is 2.34. The summed E-state index contributed by atoms with van der Waals surface area (Å²) in [5, 5.41) is 9.76. The van der Waals surface area contributed by atoms with Crippen LogP contribution >= 0.6 is 0 Å². The molecule has 0 bridgehead atoms. The molecule has 1 heterocycles. The summed E-state index contributed by atoms with van der Waals surface area (Å²) in [5.41, 5.74) is 1.27. The molecule has 0 saturated carbocycles. The van der Waals surface area contributed by atoms with Crippen LogP contribution in [-0.2, 0) is 4.74 Å². The summed E-state index contributed by atoms with van der Waals surface area (Å²) in [6, 6.07) is 2.75. The van der Waals surface area contributed by atoms with Crippen LogP contribution in [0.1, 0.15) is 23.5 Å². The van der Waals surface area contributed by atoms with Gasteiger partial charge in [0.2, 0.25) is 0 Å². The molecule has 0 amide bonds. The first-order chi connectivity index (χ1) is 6.68. The number of benzene rings is 1. The van der Waals surface area contributed by atoms with Gasteiger partial charge >= 0.3 is 0 Å². The molecule has 1 N–H and O–H groups in total. The Balaban J connectivity index is 2.40. The van der Waals surface area contributed by atoms with Gasteiger partial charge in [0.05, 0.1) is 6.61 Å². The van der Waals surface area contributed by atoms with E-state index < -0.39 is 0 Å². The van der Waals surface area contributed by atoms with E-state index in [0.717, 1.165) is 6.42 Å². The summed E-state index contributed by atoms with van der Waals surface area (Å²) in [6.07, 6.45) is 0.858. The number of aryl methyl sites for hydroxylation is 1. The lowest BCUT2D eigenvalue weighted by Crippen LogP contribution is -1.99. The molecular formula is C11H13FO2. The third-order valence-electron chi connectivity index (χ3n) is 2.66. The van der Waals surface area contributed by atoms with E-state index in [9.17, 15) is 9.50 Å². The van der Waals surface area contributed by atoms with Crippen molar-refractivity contribution in [1.29, 1.82) is 0 Å². The molecule has 0 aromatic heterocycles. The van der Waals surface area contributed by atoms with E-state index in [1.54, 1.807) is 6.92 Å². The topological polar surface area (TPSA) is 29.5 Å². The van der Waals surface area contributed by atoms with E-state index in [0.29, 0.717) is 24.3 Å². The third-order valence-corrected chi connectivity index (χ3v) is 2.66. The van der Waals surface area contributed by atoms with E-state index in [1.807, 2.05) is 0 Å². The van der Waals surface area contributed by atoms with Gasteiger partial charge < -0.3 is 9.84 Å². The van der Waals surface area contributed by atoms with Crippen LogP contribution in [0.15, 0.2) is 12.1 Å². The first kappa shape index (κ1) is 9.46. The SMILES string of the molecule is Cc1cc(F)cc([C@@H]2CCOC2)c1O. The number of phenolic OH excluding ortho intramolecular Hbond substituents is 1. The van der Waals surface area contributed by atoms with Crippen LogP contribution in [0.4, 0.5) is 4.39 Å². The van der Waals surface area contributed by atoms with Crippen molar-refractivity contribution in [3.8, 4) is 5.75 Å². The zero-order chi connectivity index (χ0) is 10.1. The molecule has 1 aromatic carbocycles. The largest absolute Gasteiger partial charge is 0.507 e. The molecule has 76 valence electrons. The van der Waals surface area contributed by atoms with Crippen LogP contribution in [-0.4, -0.2) is 18.3 Å². The van der Waals surface area contributed by atoms with Crippen molar-refractivity contribution < 1.29 is 14.2 Å². The molecule has 2 rings (SSSR count). The van der Waals surface area contributed by atoms with Gasteiger partial charge in [-0.25, -0.2) is 4.39 Å². The lowest BCUT2D eigenvalue weighted by Gasteiger charge is -2.12. The van der Waals surface area contributed by atoms with Gasteiger partial charge in [0.1, 0.15) is 11.6 Å². The van der Waals surface area contributed by atoms with Crippen molar-refractivity contribution in [2.45, 2.75) is 19.3 Å². The van der Waals surface area contributed by atoms with E-state index in [2.05, 4.69) is 0 Å². The average Bonchev–Trinajstić information content (AvgIpc) is 2.63. The second-order valence-corrected chi connectivity index (χ2v) is 3.72. The molecular weight excluding hydrogens is 183 g/mol. The molecule has 0 radical (unpaired) electrons. The van der Waals surface area contributed by atoms with Gasteiger partial charge in [-0.05, 0) is 31.0 Å². The number of hydrogen-bond donors (Lipinski definition) is 1. The number of aromatic hydroxyl groups is 1. The second kappa shape index (κ2) is 3.58. The molecule has 0 aliphatic carbocycles. The minimum atomic E-state index is -0.290. The van der Waals surface area contributed by atoms with Crippen LogP contribution in [0.25, 0.3) is 0 Å². The van der Waals surface area contributed by atoms with Gasteiger partial charge in [0, 0.05) is 18.1 Å². The Morgan fingerprint density at radius 2 is 2.29 bits per heavy atom. The first-order valence-electron chi connectivity index (χ1n) is 4.75. The summed E-state index contributed by atoms with van der Waals surface area (Å²) < 4.78 is 18.3. The molecule has 1 atom stereocenters. The second-order valence-electron chi connectivity index (χ2n) is 3.72. The zero-order valence-corrected chi connectivity index (χ0v) is 8.09. The minimum absolute atomic E-state index is 0.143. The lowest BCUT2D eigenvalue weighted by molar-refractivity contribution is 0.193. The Bertz CT molecular complexity index is 343. The molecule has 0 unspecified atom stereocenters. The number of rotatable bonds is 1. The highest BCUT2D eigenvalue weighted by molar-refractivity contribution is 5.42. The van der Waals surface area contributed by atoms with Gasteiger partial charge in [-0.3, -0.25) is 0 Å². The molecule has 1 aliphatic rings. The molecule has 3 heteroatoms. The van der Waals surface area contributed by atoms with Gasteiger partial charge in [-0.15, -0.1) is 0 Å². The van der Waals surface area contributed by atoms with Crippen molar-refractivity contribution in [2.75, 3.05) is 13.2 Å². The van der Waals surface area contributed by atoms with Crippen LogP contribution in [0.3, 0.4) is 0 Å². The smallest absolute Gasteiger partial charge is 0.124 e. The summed E-state index contributed by atoms with van der Waals surface area (Å²) in [7, 11) is 0. The average molecular weight is 196 g/mol. The van der Waals surface area contributed by atoms with Crippen molar-refractivity contribution in [3.05, 3.63) is 29.1 Å². The van der Waals surface area contributed by atoms with Crippen molar-refractivity contribution >= 4 is 0 Å². The molecule has 1 aromatic rings. The van der Waals surface area contributed by atoms with Gasteiger partial charge in [0.25, 0.3) is 0 Å². The maximum Gasteiger partial charge on any atom is 0.124 e. The van der Waals surface area contributed by atoms with E-state index in [4.69, 9.17) is 4.74 Å². The van der Waals surface area contributed by atoms with Gasteiger partial charge in [-0.1, -0.05) is 0 Å². The number of halogens is 1. The van der Waals surface area contributed by atoms with Crippen LogP contribution in [0, 0.1) is 12.7 Å². The molecule has 0 spiro atoms. The van der Waals surface area contributed by atoms with Crippen LogP contribution < -0.4 is 0 Å². The predicted molar refractivity (Wildman–Crippen MR) is 51.0 cm³/mol. The quantitative estimate of drug-likeness (QED) is 0.747. The molecule has 2 nitrogen and oxygen atoms in total. The Kier molecular flexibility index (Phi) is 2.42. The fourth-order valence-electron chi connectivity index (χ4n) is 1.85. The fraction of sp³-hybridized carbons (Fsp3) is 0.455. The zero-order valence-electron chi connectivity index (χ0n) is 8.09. The molecule has 1 fully saturated rings. The monoisotopic (exact) mass is 196 g/mol. The number of hydrogen-bond acceptors (Lipinski definition) is 2. The van der Waals surface area contributed by atoms with Crippen molar-refractivity contribution in [2.24, 2.45) is 0 Å². The van der Waals surface area contributed by atoms with Crippen LogP contribution in [0.2, 0.25) is 0 Å². The van der Waals surface area contributed by atoms with Crippen molar-refractivity contribution in [3.63, 3.8) is 0 Å². The number of ether oxygens (including phenoxy) is 1. The van der Waals surface area contributed by atoms with E-state index in [1.165, 1.54) is 12.1 Å². The predicted octanol–water partition coefficient (Wildman–Crippen LogP) is 2.34. The molecule has 1 aliphatic heterocycles. The summed E-state index contributed by atoms with van der Waals surface area (Å²) in [5.74, 6) is 0.0634. The minimum Gasteiger partial charge on any atom is -0.507 e. The summed E-state index contributed by atoms with van der Waals surface area (Å²) in [4.78, 5) is 0. The van der Waals surface area contributed by atoms with E-state index in [-0.39, 0.29) is 17.5 Å².